The highest BCUT2D eigenvalue weighted by atomic mass is 32.1. The maximum Gasteiger partial charge on any atom is 0.124 e. The van der Waals surface area contributed by atoms with Crippen LogP contribution in [-0.2, 0) is 6.54 Å². The molecule has 0 amide bonds. The third-order valence-electron chi connectivity index (χ3n) is 2.60. The Kier molecular flexibility index (Phi) is 3.58. The van der Waals surface area contributed by atoms with Gasteiger partial charge < -0.3 is 5.32 Å². The Morgan fingerprint density at radius 2 is 2.22 bits per heavy atom. The highest BCUT2D eigenvalue weighted by Gasteiger charge is 2.06. The minimum atomic E-state index is -0.405. The van der Waals surface area contributed by atoms with Crippen molar-refractivity contribution in [2.75, 3.05) is 5.32 Å². The number of nitrogens with one attached hydrogen (secondary N) is 1. The largest absolute Gasteiger partial charge is 0.377 e. The van der Waals surface area contributed by atoms with Gasteiger partial charge in [-0.05, 0) is 32.0 Å². The lowest BCUT2D eigenvalue weighted by molar-refractivity contribution is 0.627. The first kappa shape index (κ1) is 12.5. The topological polar surface area (TPSA) is 48.7 Å². The van der Waals surface area contributed by atoms with Gasteiger partial charge in [-0.2, -0.15) is 5.26 Å². The highest BCUT2D eigenvalue weighted by Crippen LogP contribution is 2.20. The number of anilines is 1. The van der Waals surface area contributed by atoms with Crippen molar-refractivity contribution in [2.24, 2.45) is 0 Å². The summed E-state index contributed by atoms with van der Waals surface area (Å²) >= 11 is 1.62. The SMILES string of the molecule is Cc1nc(CNc2ccc(F)cc2C#N)sc1C. The molecule has 18 heavy (non-hydrogen) atoms. The van der Waals surface area contributed by atoms with E-state index in [1.165, 1.54) is 17.0 Å². The zero-order valence-corrected chi connectivity index (χ0v) is 10.9. The Labute approximate surface area is 109 Å². The van der Waals surface area contributed by atoms with Crippen LogP contribution in [0, 0.1) is 31.0 Å². The third kappa shape index (κ3) is 2.66. The molecule has 0 fully saturated rings. The summed E-state index contributed by atoms with van der Waals surface area (Å²) in [6, 6.07) is 6.10. The molecular formula is C13H12FN3S. The lowest BCUT2D eigenvalue weighted by Crippen LogP contribution is -2.01. The molecule has 0 radical (unpaired) electrons. The van der Waals surface area contributed by atoms with Crippen LogP contribution in [0.25, 0.3) is 0 Å². The van der Waals surface area contributed by atoms with Crippen molar-refractivity contribution in [3.05, 3.63) is 45.2 Å². The van der Waals surface area contributed by atoms with E-state index in [9.17, 15) is 4.39 Å². The van der Waals surface area contributed by atoms with E-state index in [2.05, 4.69) is 10.3 Å². The van der Waals surface area contributed by atoms with Crippen molar-refractivity contribution >= 4 is 17.0 Å². The first-order valence-electron chi connectivity index (χ1n) is 5.46. The fourth-order valence-electron chi connectivity index (χ4n) is 1.55. The highest BCUT2D eigenvalue weighted by molar-refractivity contribution is 7.11. The summed E-state index contributed by atoms with van der Waals surface area (Å²) in [6.45, 7) is 4.53. The summed E-state index contributed by atoms with van der Waals surface area (Å²) in [5, 5.41) is 13.0. The molecule has 0 atom stereocenters. The van der Waals surface area contributed by atoms with Gasteiger partial charge >= 0.3 is 0 Å². The van der Waals surface area contributed by atoms with E-state index in [4.69, 9.17) is 5.26 Å². The van der Waals surface area contributed by atoms with Crippen molar-refractivity contribution in [2.45, 2.75) is 20.4 Å². The zero-order valence-electron chi connectivity index (χ0n) is 10.1. The lowest BCUT2D eigenvalue weighted by Gasteiger charge is -2.06. The summed E-state index contributed by atoms with van der Waals surface area (Å²) in [4.78, 5) is 5.58. The van der Waals surface area contributed by atoms with Crippen LogP contribution in [0.5, 0.6) is 0 Å². The average Bonchev–Trinajstić information content (AvgIpc) is 2.67. The number of benzene rings is 1. The number of hydrogen-bond donors (Lipinski definition) is 1. The van der Waals surface area contributed by atoms with Gasteiger partial charge in [0.1, 0.15) is 16.9 Å². The minimum absolute atomic E-state index is 0.306. The Morgan fingerprint density at radius 1 is 1.44 bits per heavy atom. The molecule has 0 aliphatic rings. The Morgan fingerprint density at radius 3 is 2.83 bits per heavy atom. The molecular weight excluding hydrogens is 249 g/mol. The number of aryl methyl sites for hydroxylation is 2. The molecule has 1 aromatic carbocycles. The monoisotopic (exact) mass is 261 g/mol. The van der Waals surface area contributed by atoms with Gasteiger partial charge in [-0.25, -0.2) is 9.37 Å². The van der Waals surface area contributed by atoms with Gasteiger partial charge in [0.2, 0.25) is 0 Å². The molecule has 2 aromatic rings. The van der Waals surface area contributed by atoms with Crippen molar-refractivity contribution < 1.29 is 4.39 Å². The van der Waals surface area contributed by atoms with Crippen molar-refractivity contribution in [3.8, 4) is 6.07 Å². The van der Waals surface area contributed by atoms with Gasteiger partial charge in [0, 0.05) is 4.88 Å². The molecule has 0 saturated heterocycles. The maximum absolute atomic E-state index is 13.0. The van der Waals surface area contributed by atoms with Crippen molar-refractivity contribution in [3.63, 3.8) is 0 Å². The van der Waals surface area contributed by atoms with Gasteiger partial charge in [0.15, 0.2) is 0 Å². The number of thiazole rings is 1. The van der Waals surface area contributed by atoms with Crippen LogP contribution in [0.2, 0.25) is 0 Å². The van der Waals surface area contributed by atoms with E-state index >= 15 is 0 Å². The van der Waals surface area contributed by atoms with E-state index in [-0.39, 0.29) is 0 Å². The molecule has 3 nitrogen and oxygen atoms in total. The van der Waals surface area contributed by atoms with Gasteiger partial charge in [0.25, 0.3) is 0 Å². The van der Waals surface area contributed by atoms with Gasteiger partial charge in [-0.1, -0.05) is 0 Å². The maximum atomic E-state index is 13.0. The second kappa shape index (κ2) is 5.15. The van der Waals surface area contributed by atoms with E-state index in [1.807, 2.05) is 19.9 Å². The molecule has 1 aromatic heterocycles. The molecule has 0 aliphatic heterocycles. The Balaban J connectivity index is 2.13. The minimum Gasteiger partial charge on any atom is -0.377 e. The Hall–Kier alpha value is -1.93. The summed E-state index contributed by atoms with van der Waals surface area (Å²) in [5.74, 6) is -0.405. The van der Waals surface area contributed by atoms with Crippen LogP contribution in [0.3, 0.4) is 0 Å². The van der Waals surface area contributed by atoms with E-state index in [0.717, 1.165) is 10.7 Å². The summed E-state index contributed by atoms with van der Waals surface area (Å²) < 4.78 is 13.0. The molecule has 0 spiro atoms. The molecule has 5 heteroatoms. The lowest BCUT2D eigenvalue weighted by atomic mass is 10.2. The van der Waals surface area contributed by atoms with Crippen LogP contribution in [-0.4, -0.2) is 4.98 Å². The third-order valence-corrected chi connectivity index (χ3v) is 3.68. The molecule has 0 bridgehead atoms. The number of aromatic nitrogens is 1. The van der Waals surface area contributed by atoms with Crippen LogP contribution in [0.15, 0.2) is 18.2 Å². The predicted octanol–water partition coefficient (Wildman–Crippen LogP) is 3.38. The molecule has 1 N–H and O–H groups in total. The second-order valence-corrected chi connectivity index (χ2v) is 5.19. The molecule has 1 heterocycles. The molecule has 0 saturated carbocycles. The predicted molar refractivity (Wildman–Crippen MR) is 70.0 cm³/mol. The first-order valence-corrected chi connectivity index (χ1v) is 6.28. The van der Waals surface area contributed by atoms with Gasteiger partial charge in [-0.3, -0.25) is 0 Å². The molecule has 0 aliphatic carbocycles. The molecule has 92 valence electrons. The number of nitrogens with zero attached hydrogens (tertiary/aromatic N) is 2. The molecule has 0 unspecified atom stereocenters. The van der Waals surface area contributed by atoms with Crippen LogP contribution in [0.1, 0.15) is 21.1 Å². The normalized spacial score (nSPS) is 10.1. The van der Waals surface area contributed by atoms with Gasteiger partial charge in [-0.15, -0.1) is 11.3 Å². The zero-order chi connectivity index (χ0) is 13.1. The number of rotatable bonds is 3. The number of hydrogen-bond acceptors (Lipinski definition) is 4. The van der Waals surface area contributed by atoms with Gasteiger partial charge in [0.05, 0.1) is 23.5 Å². The van der Waals surface area contributed by atoms with E-state index in [0.29, 0.717) is 17.8 Å². The average molecular weight is 261 g/mol. The second-order valence-electron chi connectivity index (χ2n) is 3.90. The summed E-state index contributed by atoms with van der Waals surface area (Å²) in [7, 11) is 0. The van der Waals surface area contributed by atoms with Crippen molar-refractivity contribution in [1.29, 1.82) is 5.26 Å². The van der Waals surface area contributed by atoms with Crippen LogP contribution < -0.4 is 5.32 Å². The number of halogens is 1. The smallest absolute Gasteiger partial charge is 0.124 e. The van der Waals surface area contributed by atoms with Crippen LogP contribution in [0.4, 0.5) is 10.1 Å². The fourth-order valence-corrected chi connectivity index (χ4v) is 2.42. The van der Waals surface area contributed by atoms with Crippen LogP contribution >= 0.6 is 11.3 Å². The summed E-state index contributed by atoms with van der Waals surface area (Å²) in [6.07, 6.45) is 0. The summed E-state index contributed by atoms with van der Waals surface area (Å²) in [5.41, 5.74) is 1.96. The van der Waals surface area contributed by atoms with Crippen molar-refractivity contribution in [1.82, 2.24) is 4.98 Å². The van der Waals surface area contributed by atoms with E-state index < -0.39 is 5.82 Å². The fraction of sp³-hybridized carbons (Fsp3) is 0.231. The standard InChI is InChI=1S/C13H12FN3S/c1-8-9(2)18-13(17-8)7-16-12-4-3-11(14)5-10(12)6-15/h3-5,16H,7H2,1-2H3. The van der Waals surface area contributed by atoms with E-state index in [1.54, 1.807) is 17.4 Å². The molecule has 2 rings (SSSR count). The number of nitriles is 1. The first-order chi connectivity index (χ1) is 8.60. The Bertz CT molecular complexity index is 594. The quantitative estimate of drug-likeness (QED) is 0.921.